The van der Waals surface area contributed by atoms with Crippen LogP contribution >= 0.6 is 23.4 Å². The maximum atomic E-state index is 13.8. The summed E-state index contributed by atoms with van der Waals surface area (Å²) in [6.45, 7) is 0.103. The normalized spacial score (nSPS) is 11.1. The average Bonchev–Trinajstić information content (AvgIpc) is 3.29. The Morgan fingerprint density at radius 2 is 1.91 bits per heavy atom. The first-order valence-corrected chi connectivity index (χ1v) is 11.3. The number of methoxy groups -OCH3 is 1. The standard InChI is InChI=1S/C24H20ClFN4O2S/c1-31-23-12-18(8-11-22(23)32-14-19-4-2-3-5-21(19)26)13-28-30-16-27-29-24(30)33-15-17-6-9-20(25)10-7-17/h2-13,16H,14-15H2,1H3/b28-13+. The van der Waals surface area contributed by atoms with E-state index in [9.17, 15) is 4.39 Å². The van der Waals surface area contributed by atoms with E-state index in [2.05, 4.69) is 15.3 Å². The summed E-state index contributed by atoms with van der Waals surface area (Å²) in [5.41, 5.74) is 2.40. The number of halogens is 2. The summed E-state index contributed by atoms with van der Waals surface area (Å²) < 4.78 is 26.6. The van der Waals surface area contributed by atoms with Crippen LogP contribution in [0.5, 0.6) is 11.5 Å². The van der Waals surface area contributed by atoms with Crippen LogP contribution < -0.4 is 9.47 Å². The molecule has 0 aliphatic rings. The van der Waals surface area contributed by atoms with Gasteiger partial charge in [0.1, 0.15) is 18.8 Å². The molecule has 0 bridgehead atoms. The molecule has 0 radical (unpaired) electrons. The summed E-state index contributed by atoms with van der Waals surface area (Å²) in [6.07, 6.45) is 3.22. The average molecular weight is 483 g/mol. The molecule has 0 N–H and O–H groups in total. The molecular weight excluding hydrogens is 463 g/mol. The van der Waals surface area contributed by atoms with E-state index in [1.165, 1.54) is 17.8 Å². The fraction of sp³-hybridized carbons (Fsp3) is 0.125. The second-order valence-corrected chi connectivity index (χ2v) is 8.29. The minimum Gasteiger partial charge on any atom is -0.493 e. The summed E-state index contributed by atoms with van der Waals surface area (Å²) in [4.78, 5) is 0. The molecule has 0 amide bonds. The van der Waals surface area contributed by atoms with Crippen LogP contribution in [0.1, 0.15) is 16.7 Å². The second-order valence-electron chi connectivity index (χ2n) is 6.91. The number of aromatic nitrogens is 3. The van der Waals surface area contributed by atoms with Crippen molar-refractivity contribution >= 4 is 29.6 Å². The van der Waals surface area contributed by atoms with Gasteiger partial charge in [-0.3, -0.25) is 0 Å². The quantitative estimate of drug-likeness (QED) is 0.222. The summed E-state index contributed by atoms with van der Waals surface area (Å²) in [5.74, 6) is 1.45. The molecule has 0 aliphatic carbocycles. The van der Waals surface area contributed by atoms with Crippen LogP contribution in [-0.4, -0.2) is 28.2 Å². The lowest BCUT2D eigenvalue weighted by Crippen LogP contribution is -2.00. The molecule has 33 heavy (non-hydrogen) atoms. The molecule has 3 aromatic carbocycles. The molecule has 1 heterocycles. The zero-order chi connectivity index (χ0) is 23.0. The molecule has 0 spiro atoms. The Kier molecular flexibility index (Phi) is 7.59. The van der Waals surface area contributed by atoms with Gasteiger partial charge in [-0.1, -0.05) is 53.7 Å². The first-order chi connectivity index (χ1) is 16.1. The summed E-state index contributed by atoms with van der Waals surface area (Å²) in [5, 5.41) is 13.9. The molecule has 4 aromatic rings. The van der Waals surface area contributed by atoms with Gasteiger partial charge in [0.2, 0.25) is 5.16 Å². The van der Waals surface area contributed by atoms with E-state index in [1.807, 2.05) is 30.3 Å². The summed E-state index contributed by atoms with van der Waals surface area (Å²) >= 11 is 7.46. The van der Waals surface area contributed by atoms with Gasteiger partial charge >= 0.3 is 0 Å². The topological polar surface area (TPSA) is 61.5 Å². The molecule has 0 aliphatic heterocycles. The fourth-order valence-electron chi connectivity index (χ4n) is 2.91. The number of ether oxygens (including phenoxy) is 2. The fourth-order valence-corrected chi connectivity index (χ4v) is 3.85. The van der Waals surface area contributed by atoms with Crippen molar-refractivity contribution in [3.05, 3.63) is 101 Å². The molecule has 0 unspecified atom stereocenters. The Bertz CT molecular complexity index is 1250. The number of rotatable bonds is 9. The molecule has 0 saturated heterocycles. The minimum absolute atomic E-state index is 0.103. The molecule has 0 atom stereocenters. The highest BCUT2D eigenvalue weighted by atomic mass is 35.5. The molecular formula is C24H20ClFN4O2S. The Balaban J connectivity index is 1.41. The highest BCUT2D eigenvalue weighted by Crippen LogP contribution is 2.29. The highest BCUT2D eigenvalue weighted by molar-refractivity contribution is 7.98. The Labute approximate surface area is 200 Å². The Morgan fingerprint density at radius 1 is 1.09 bits per heavy atom. The van der Waals surface area contributed by atoms with Gasteiger partial charge in [-0.05, 0) is 47.5 Å². The summed E-state index contributed by atoms with van der Waals surface area (Å²) in [6, 6.07) is 19.6. The smallest absolute Gasteiger partial charge is 0.212 e. The molecule has 9 heteroatoms. The van der Waals surface area contributed by atoms with Crippen molar-refractivity contribution in [1.29, 1.82) is 0 Å². The predicted octanol–water partition coefficient (Wildman–Crippen LogP) is 5.83. The van der Waals surface area contributed by atoms with Crippen LogP contribution in [0.3, 0.4) is 0 Å². The number of thioether (sulfide) groups is 1. The van der Waals surface area contributed by atoms with E-state index in [0.717, 1.165) is 11.1 Å². The van der Waals surface area contributed by atoms with Gasteiger partial charge in [0.05, 0.1) is 13.3 Å². The summed E-state index contributed by atoms with van der Waals surface area (Å²) in [7, 11) is 1.55. The SMILES string of the molecule is COc1cc(/C=N/n2cnnc2SCc2ccc(Cl)cc2)ccc1OCc1ccccc1F. The van der Waals surface area contributed by atoms with Gasteiger partial charge in [0, 0.05) is 16.3 Å². The van der Waals surface area contributed by atoms with Crippen molar-refractivity contribution in [2.24, 2.45) is 5.10 Å². The van der Waals surface area contributed by atoms with Crippen molar-refractivity contribution in [1.82, 2.24) is 14.9 Å². The maximum absolute atomic E-state index is 13.8. The first-order valence-electron chi connectivity index (χ1n) is 9.98. The van der Waals surface area contributed by atoms with Crippen molar-refractivity contribution < 1.29 is 13.9 Å². The van der Waals surface area contributed by atoms with Crippen molar-refractivity contribution in [3.63, 3.8) is 0 Å². The molecule has 0 fully saturated rings. The second kappa shape index (κ2) is 11.0. The first kappa shape index (κ1) is 22.8. The van der Waals surface area contributed by atoms with E-state index < -0.39 is 0 Å². The monoisotopic (exact) mass is 482 g/mol. The van der Waals surface area contributed by atoms with Gasteiger partial charge < -0.3 is 9.47 Å². The van der Waals surface area contributed by atoms with Gasteiger partial charge in [0.25, 0.3) is 0 Å². The lowest BCUT2D eigenvalue weighted by molar-refractivity contribution is 0.279. The lowest BCUT2D eigenvalue weighted by atomic mass is 10.2. The molecule has 6 nitrogen and oxygen atoms in total. The van der Waals surface area contributed by atoms with Crippen molar-refractivity contribution in [3.8, 4) is 11.5 Å². The molecule has 4 rings (SSSR count). The Hall–Kier alpha value is -3.36. The number of hydrogen-bond acceptors (Lipinski definition) is 6. The molecule has 1 aromatic heterocycles. The van der Waals surface area contributed by atoms with Crippen LogP contribution in [0.4, 0.5) is 4.39 Å². The number of hydrogen-bond donors (Lipinski definition) is 0. The third kappa shape index (κ3) is 6.12. The highest BCUT2D eigenvalue weighted by Gasteiger charge is 2.09. The number of nitrogens with zero attached hydrogens (tertiary/aromatic N) is 4. The molecule has 0 saturated carbocycles. The van der Waals surface area contributed by atoms with E-state index in [-0.39, 0.29) is 12.4 Å². The van der Waals surface area contributed by atoms with E-state index >= 15 is 0 Å². The Morgan fingerprint density at radius 3 is 2.70 bits per heavy atom. The van der Waals surface area contributed by atoms with E-state index in [4.69, 9.17) is 21.1 Å². The zero-order valence-electron chi connectivity index (χ0n) is 17.7. The van der Waals surface area contributed by atoms with Crippen LogP contribution in [0.25, 0.3) is 0 Å². The zero-order valence-corrected chi connectivity index (χ0v) is 19.3. The maximum Gasteiger partial charge on any atom is 0.212 e. The van der Waals surface area contributed by atoms with Crippen molar-refractivity contribution in [2.45, 2.75) is 17.5 Å². The third-order valence-corrected chi connectivity index (χ3v) is 5.90. The molecule has 168 valence electrons. The lowest BCUT2D eigenvalue weighted by Gasteiger charge is -2.11. The third-order valence-electron chi connectivity index (χ3n) is 4.64. The van der Waals surface area contributed by atoms with Crippen molar-refractivity contribution in [2.75, 3.05) is 7.11 Å². The minimum atomic E-state index is -0.307. The van der Waals surface area contributed by atoms with E-state index in [1.54, 1.807) is 54.7 Å². The van der Waals surface area contributed by atoms with Gasteiger partial charge in [-0.15, -0.1) is 10.2 Å². The largest absolute Gasteiger partial charge is 0.493 e. The van der Waals surface area contributed by atoms with Crippen LogP contribution in [0, 0.1) is 5.82 Å². The van der Waals surface area contributed by atoms with Crippen LogP contribution in [0.2, 0.25) is 5.02 Å². The predicted molar refractivity (Wildman–Crippen MR) is 128 cm³/mol. The van der Waals surface area contributed by atoms with Crippen LogP contribution in [0.15, 0.2) is 83.3 Å². The number of benzene rings is 3. The van der Waals surface area contributed by atoms with Crippen LogP contribution in [-0.2, 0) is 12.4 Å². The van der Waals surface area contributed by atoms with Gasteiger partial charge in [-0.2, -0.15) is 9.78 Å². The van der Waals surface area contributed by atoms with E-state index in [0.29, 0.717) is 33.0 Å². The van der Waals surface area contributed by atoms with Gasteiger partial charge in [-0.25, -0.2) is 4.39 Å². The van der Waals surface area contributed by atoms with Gasteiger partial charge in [0.15, 0.2) is 11.5 Å².